The SMILES string of the molecule is Cc1ccc(C(C)Nc2ccc(Br)c(Cl)c2Cl)cc1C. The Kier molecular flexibility index (Phi) is 5.00. The van der Waals surface area contributed by atoms with Crippen molar-refractivity contribution in [3.8, 4) is 0 Å². The number of hydrogen-bond donors (Lipinski definition) is 1. The second-order valence-corrected chi connectivity index (χ2v) is 6.54. The molecule has 0 spiro atoms. The molecule has 2 aromatic carbocycles. The van der Waals surface area contributed by atoms with Crippen LogP contribution >= 0.6 is 39.1 Å². The zero-order chi connectivity index (χ0) is 14.9. The first-order valence-electron chi connectivity index (χ1n) is 6.37. The Morgan fingerprint density at radius 1 is 1.00 bits per heavy atom. The van der Waals surface area contributed by atoms with E-state index in [1.807, 2.05) is 12.1 Å². The molecule has 1 unspecified atom stereocenters. The lowest BCUT2D eigenvalue weighted by atomic mass is 10.0. The first-order valence-corrected chi connectivity index (χ1v) is 7.92. The van der Waals surface area contributed by atoms with E-state index in [0.29, 0.717) is 10.0 Å². The number of halogens is 3. The van der Waals surface area contributed by atoms with E-state index in [4.69, 9.17) is 23.2 Å². The smallest absolute Gasteiger partial charge is 0.0835 e. The molecule has 0 aliphatic heterocycles. The number of rotatable bonds is 3. The molecule has 0 radical (unpaired) electrons. The molecule has 1 atom stereocenters. The maximum atomic E-state index is 6.26. The molecular weight excluding hydrogens is 357 g/mol. The third-order valence-electron chi connectivity index (χ3n) is 3.44. The van der Waals surface area contributed by atoms with E-state index in [1.165, 1.54) is 16.7 Å². The van der Waals surface area contributed by atoms with Crippen LogP contribution in [0, 0.1) is 13.8 Å². The number of benzene rings is 2. The fourth-order valence-corrected chi connectivity index (χ4v) is 2.82. The van der Waals surface area contributed by atoms with Gasteiger partial charge in [0.05, 0.1) is 15.7 Å². The van der Waals surface area contributed by atoms with Crippen LogP contribution in [0.5, 0.6) is 0 Å². The monoisotopic (exact) mass is 371 g/mol. The third kappa shape index (κ3) is 3.30. The summed E-state index contributed by atoms with van der Waals surface area (Å²) in [5.41, 5.74) is 4.65. The van der Waals surface area contributed by atoms with Crippen molar-refractivity contribution in [3.05, 3.63) is 61.5 Å². The number of hydrogen-bond acceptors (Lipinski definition) is 1. The zero-order valence-electron chi connectivity index (χ0n) is 11.6. The predicted molar refractivity (Wildman–Crippen MR) is 92.1 cm³/mol. The fraction of sp³-hybridized carbons (Fsp3) is 0.250. The molecule has 0 saturated carbocycles. The fourth-order valence-electron chi connectivity index (χ4n) is 1.99. The van der Waals surface area contributed by atoms with Crippen LogP contribution in [-0.4, -0.2) is 0 Å². The highest BCUT2D eigenvalue weighted by molar-refractivity contribution is 9.10. The topological polar surface area (TPSA) is 12.0 Å². The molecular formula is C16H16BrCl2N. The van der Waals surface area contributed by atoms with Crippen molar-refractivity contribution < 1.29 is 0 Å². The maximum Gasteiger partial charge on any atom is 0.0835 e. The van der Waals surface area contributed by atoms with E-state index in [1.54, 1.807) is 0 Å². The third-order valence-corrected chi connectivity index (χ3v) is 5.21. The second kappa shape index (κ2) is 6.38. The first kappa shape index (κ1) is 15.7. The molecule has 2 rings (SSSR count). The molecule has 0 fully saturated rings. The lowest BCUT2D eigenvalue weighted by Crippen LogP contribution is -2.07. The molecule has 2 aromatic rings. The number of anilines is 1. The van der Waals surface area contributed by atoms with Crippen molar-refractivity contribution in [2.45, 2.75) is 26.8 Å². The van der Waals surface area contributed by atoms with E-state index in [9.17, 15) is 0 Å². The van der Waals surface area contributed by atoms with Crippen molar-refractivity contribution in [1.82, 2.24) is 0 Å². The van der Waals surface area contributed by atoms with E-state index in [-0.39, 0.29) is 6.04 Å². The van der Waals surface area contributed by atoms with Crippen molar-refractivity contribution in [3.63, 3.8) is 0 Å². The van der Waals surface area contributed by atoms with E-state index in [2.05, 4.69) is 60.2 Å². The largest absolute Gasteiger partial charge is 0.377 e. The molecule has 0 amide bonds. The highest BCUT2D eigenvalue weighted by atomic mass is 79.9. The van der Waals surface area contributed by atoms with Crippen LogP contribution in [0.1, 0.15) is 29.7 Å². The minimum Gasteiger partial charge on any atom is -0.377 e. The van der Waals surface area contributed by atoms with E-state index >= 15 is 0 Å². The van der Waals surface area contributed by atoms with Gasteiger partial charge in [-0.3, -0.25) is 0 Å². The van der Waals surface area contributed by atoms with Gasteiger partial charge in [-0.05, 0) is 65.5 Å². The summed E-state index contributed by atoms with van der Waals surface area (Å²) < 4.78 is 0.800. The number of aryl methyl sites for hydroxylation is 2. The zero-order valence-corrected chi connectivity index (χ0v) is 14.7. The van der Waals surface area contributed by atoms with E-state index < -0.39 is 0 Å². The summed E-state index contributed by atoms with van der Waals surface area (Å²) in [6.07, 6.45) is 0. The van der Waals surface area contributed by atoms with Gasteiger partial charge in [0.2, 0.25) is 0 Å². The van der Waals surface area contributed by atoms with Crippen molar-refractivity contribution in [2.75, 3.05) is 5.32 Å². The van der Waals surface area contributed by atoms with Gasteiger partial charge in [0.15, 0.2) is 0 Å². The molecule has 1 N–H and O–H groups in total. The van der Waals surface area contributed by atoms with E-state index in [0.717, 1.165) is 10.2 Å². The van der Waals surface area contributed by atoms with Crippen molar-refractivity contribution in [2.24, 2.45) is 0 Å². The molecule has 0 heterocycles. The quantitative estimate of drug-likeness (QED) is 0.602. The van der Waals surface area contributed by atoms with Crippen LogP contribution in [0.3, 0.4) is 0 Å². The normalized spacial score (nSPS) is 12.3. The van der Waals surface area contributed by atoms with Crippen LogP contribution in [0.25, 0.3) is 0 Å². The lowest BCUT2D eigenvalue weighted by Gasteiger charge is -2.18. The average Bonchev–Trinajstić information content (AvgIpc) is 2.42. The Balaban J connectivity index is 2.25. The average molecular weight is 373 g/mol. The van der Waals surface area contributed by atoms with Crippen LogP contribution in [0.15, 0.2) is 34.8 Å². The summed E-state index contributed by atoms with van der Waals surface area (Å²) in [7, 11) is 0. The van der Waals surface area contributed by atoms with Crippen LogP contribution in [-0.2, 0) is 0 Å². The Morgan fingerprint density at radius 3 is 2.35 bits per heavy atom. The molecule has 20 heavy (non-hydrogen) atoms. The maximum absolute atomic E-state index is 6.26. The van der Waals surface area contributed by atoms with Gasteiger partial charge in [0.1, 0.15) is 0 Å². The second-order valence-electron chi connectivity index (χ2n) is 4.93. The minimum absolute atomic E-state index is 0.157. The summed E-state index contributed by atoms with van der Waals surface area (Å²) >= 11 is 15.8. The van der Waals surface area contributed by atoms with Gasteiger partial charge in [-0.1, -0.05) is 41.4 Å². The van der Waals surface area contributed by atoms with Crippen LogP contribution < -0.4 is 5.32 Å². The molecule has 4 heteroatoms. The van der Waals surface area contributed by atoms with Gasteiger partial charge in [-0.15, -0.1) is 0 Å². The number of nitrogens with one attached hydrogen (secondary N) is 1. The Bertz CT molecular complexity index is 641. The van der Waals surface area contributed by atoms with Gasteiger partial charge in [-0.2, -0.15) is 0 Å². The standard InChI is InChI=1S/C16H16BrCl2N/c1-9-4-5-12(8-10(9)2)11(3)20-14-7-6-13(17)15(18)16(14)19/h4-8,11,20H,1-3H3. The Labute approximate surface area is 138 Å². The molecule has 1 nitrogen and oxygen atoms in total. The van der Waals surface area contributed by atoms with Gasteiger partial charge in [0, 0.05) is 10.5 Å². The highest BCUT2D eigenvalue weighted by Gasteiger charge is 2.12. The molecule has 0 saturated heterocycles. The molecule has 0 aliphatic carbocycles. The summed E-state index contributed by atoms with van der Waals surface area (Å²) in [4.78, 5) is 0. The summed E-state index contributed by atoms with van der Waals surface area (Å²) in [5.74, 6) is 0. The first-order chi connectivity index (χ1) is 9.40. The van der Waals surface area contributed by atoms with Crippen LogP contribution in [0.2, 0.25) is 10.0 Å². The minimum atomic E-state index is 0.157. The molecule has 0 bridgehead atoms. The summed E-state index contributed by atoms with van der Waals surface area (Å²) in [6.45, 7) is 6.34. The predicted octanol–water partition coefficient (Wildman–Crippen LogP) is 6.55. The molecule has 0 aromatic heterocycles. The Morgan fingerprint density at radius 2 is 1.70 bits per heavy atom. The van der Waals surface area contributed by atoms with Gasteiger partial charge in [0.25, 0.3) is 0 Å². The summed E-state index contributed by atoms with van der Waals surface area (Å²) in [5, 5.41) is 4.47. The Hall–Kier alpha value is -0.700. The van der Waals surface area contributed by atoms with Crippen molar-refractivity contribution in [1.29, 1.82) is 0 Å². The highest BCUT2D eigenvalue weighted by Crippen LogP contribution is 2.37. The van der Waals surface area contributed by atoms with Crippen LogP contribution in [0.4, 0.5) is 5.69 Å². The molecule has 106 valence electrons. The van der Waals surface area contributed by atoms with Gasteiger partial charge in [-0.25, -0.2) is 0 Å². The lowest BCUT2D eigenvalue weighted by molar-refractivity contribution is 0.881. The summed E-state index contributed by atoms with van der Waals surface area (Å²) in [6, 6.07) is 10.4. The van der Waals surface area contributed by atoms with Gasteiger partial charge >= 0.3 is 0 Å². The van der Waals surface area contributed by atoms with Gasteiger partial charge < -0.3 is 5.32 Å². The van der Waals surface area contributed by atoms with Crippen molar-refractivity contribution >= 4 is 44.8 Å². The molecule has 0 aliphatic rings.